The highest BCUT2D eigenvalue weighted by Gasteiger charge is 2.07. The van der Waals surface area contributed by atoms with Crippen molar-refractivity contribution >= 4 is 11.6 Å². The van der Waals surface area contributed by atoms with Crippen molar-refractivity contribution in [2.75, 3.05) is 0 Å². The van der Waals surface area contributed by atoms with Gasteiger partial charge in [-0.15, -0.1) is 0 Å². The molecule has 2 aromatic carbocycles. The highest BCUT2D eigenvalue weighted by molar-refractivity contribution is 6.32. The zero-order valence-electron chi connectivity index (χ0n) is 12.0. The first-order valence-corrected chi connectivity index (χ1v) is 7.01. The Labute approximate surface area is 125 Å². The molecule has 0 aromatic heterocycles. The standard InChI is InChI=1S/C17H19ClO2/c1-11-6-12(2)8-14(7-11)10-20-17-5-4-15(13(3)19)9-16(17)18/h4-9,13,19H,10H2,1-3H3/t13-/m1/s1. The van der Waals surface area contributed by atoms with Crippen LogP contribution in [0.1, 0.15) is 35.3 Å². The highest BCUT2D eigenvalue weighted by atomic mass is 35.5. The monoisotopic (exact) mass is 290 g/mol. The summed E-state index contributed by atoms with van der Waals surface area (Å²) in [4.78, 5) is 0. The normalized spacial score (nSPS) is 12.2. The second kappa shape index (κ2) is 6.29. The van der Waals surface area contributed by atoms with Crippen LogP contribution in [-0.4, -0.2) is 5.11 Å². The Morgan fingerprint density at radius 2 is 1.75 bits per heavy atom. The van der Waals surface area contributed by atoms with Crippen LogP contribution in [0.15, 0.2) is 36.4 Å². The molecule has 106 valence electrons. The molecule has 2 nitrogen and oxygen atoms in total. The molecule has 1 N–H and O–H groups in total. The molecule has 0 saturated carbocycles. The molecule has 2 aromatic rings. The lowest BCUT2D eigenvalue weighted by atomic mass is 10.1. The van der Waals surface area contributed by atoms with E-state index in [0.29, 0.717) is 17.4 Å². The number of benzene rings is 2. The second-order valence-corrected chi connectivity index (χ2v) is 5.56. The van der Waals surface area contributed by atoms with Gasteiger partial charge < -0.3 is 9.84 Å². The predicted molar refractivity (Wildman–Crippen MR) is 82.3 cm³/mol. The Bertz CT molecular complexity index is 586. The van der Waals surface area contributed by atoms with Crippen LogP contribution in [0.25, 0.3) is 0 Å². The molecule has 0 aliphatic carbocycles. The Morgan fingerprint density at radius 3 is 2.30 bits per heavy atom. The van der Waals surface area contributed by atoms with Crippen molar-refractivity contribution in [3.63, 3.8) is 0 Å². The lowest BCUT2D eigenvalue weighted by Crippen LogP contribution is -1.98. The Morgan fingerprint density at radius 1 is 1.10 bits per heavy atom. The minimum atomic E-state index is -0.527. The summed E-state index contributed by atoms with van der Waals surface area (Å²) in [5, 5.41) is 10.0. The molecule has 0 bridgehead atoms. The number of rotatable bonds is 4. The summed E-state index contributed by atoms with van der Waals surface area (Å²) in [7, 11) is 0. The van der Waals surface area contributed by atoms with Crippen LogP contribution < -0.4 is 4.74 Å². The van der Waals surface area contributed by atoms with Gasteiger partial charge in [0.15, 0.2) is 0 Å². The third kappa shape index (κ3) is 3.75. The number of hydrogen-bond acceptors (Lipinski definition) is 2. The molecule has 0 radical (unpaired) electrons. The number of aliphatic hydroxyl groups excluding tert-OH is 1. The molecule has 0 spiro atoms. The van der Waals surface area contributed by atoms with Gasteiger partial charge in [0, 0.05) is 0 Å². The van der Waals surface area contributed by atoms with Crippen LogP contribution in [0.3, 0.4) is 0 Å². The first kappa shape index (κ1) is 14.9. The molecule has 0 heterocycles. The van der Waals surface area contributed by atoms with Crippen molar-refractivity contribution in [1.82, 2.24) is 0 Å². The summed E-state index contributed by atoms with van der Waals surface area (Å²) < 4.78 is 5.75. The molecule has 0 aliphatic heterocycles. The maximum atomic E-state index is 9.51. The summed E-state index contributed by atoms with van der Waals surface area (Å²) >= 11 is 6.17. The topological polar surface area (TPSA) is 29.5 Å². The molecule has 0 amide bonds. The van der Waals surface area contributed by atoms with E-state index in [2.05, 4.69) is 32.0 Å². The van der Waals surface area contributed by atoms with Crippen LogP contribution in [0.4, 0.5) is 0 Å². The van der Waals surface area contributed by atoms with Crippen LogP contribution in [-0.2, 0) is 6.61 Å². The van der Waals surface area contributed by atoms with Gasteiger partial charge in [0.05, 0.1) is 11.1 Å². The van der Waals surface area contributed by atoms with Gasteiger partial charge in [0.1, 0.15) is 12.4 Å². The first-order chi connectivity index (χ1) is 9.45. The predicted octanol–water partition coefficient (Wildman–Crippen LogP) is 4.59. The Kier molecular flexibility index (Phi) is 4.69. The summed E-state index contributed by atoms with van der Waals surface area (Å²) in [5.41, 5.74) is 4.35. The maximum absolute atomic E-state index is 9.51. The fraction of sp³-hybridized carbons (Fsp3) is 0.294. The fourth-order valence-corrected chi connectivity index (χ4v) is 2.45. The van der Waals surface area contributed by atoms with Gasteiger partial charge in [-0.1, -0.05) is 47.0 Å². The molecule has 0 saturated heterocycles. The number of hydrogen-bond donors (Lipinski definition) is 1. The van der Waals surface area contributed by atoms with E-state index < -0.39 is 6.10 Å². The smallest absolute Gasteiger partial charge is 0.138 e. The molecule has 1 atom stereocenters. The zero-order chi connectivity index (χ0) is 14.7. The summed E-state index contributed by atoms with van der Waals surface area (Å²) in [5.74, 6) is 0.634. The van der Waals surface area contributed by atoms with Gasteiger partial charge in [-0.2, -0.15) is 0 Å². The Balaban J connectivity index is 2.11. The van der Waals surface area contributed by atoms with Gasteiger partial charge in [-0.25, -0.2) is 0 Å². The minimum absolute atomic E-state index is 0.482. The van der Waals surface area contributed by atoms with E-state index in [1.807, 2.05) is 6.07 Å². The van der Waals surface area contributed by atoms with Gasteiger partial charge in [-0.3, -0.25) is 0 Å². The van der Waals surface area contributed by atoms with Crippen molar-refractivity contribution in [2.24, 2.45) is 0 Å². The average molecular weight is 291 g/mol. The number of ether oxygens (including phenoxy) is 1. The fourth-order valence-electron chi connectivity index (χ4n) is 2.21. The van der Waals surface area contributed by atoms with Crippen molar-refractivity contribution in [2.45, 2.75) is 33.5 Å². The number of halogens is 1. The number of aliphatic hydroxyl groups is 1. The molecule has 3 heteroatoms. The number of aryl methyl sites for hydroxylation is 2. The van der Waals surface area contributed by atoms with Crippen molar-refractivity contribution in [3.8, 4) is 5.75 Å². The Hall–Kier alpha value is -1.51. The average Bonchev–Trinajstić information content (AvgIpc) is 2.36. The molecule has 0 fully saturated rings. The summed E-state index contributed by atoms with van der Waals surface area (Å²) in [6.45, 7) is 6.33. The molecule has 0 aliphatic rings. The van der Waals surface area contributed by atoms with Crippen LogP contribution in [0.5, 0.6) is 5.75 Å². The molecule has 2 rings (SSSR count). The maximum Gasteiger partial charge on any atom is 0.138 e. The van der Waals surface area contributed by atoms with E-state index in [4.69, 9.17) is 16.3 Å². The third-order valence-corrected chi connectivity index (χ3v) is 3.41. The van der Waals surface area contributed by atoms with E-state index in [0.717, 1.165) is 11.1 Å². The molecular formula is C17H19ClO2. The largest absolute Gasteiger partial charge is 0.487 e. The summed E-state index contributed by atoms with van der Waals surface area (Å²) in [6.07, 6.45) is -0.527. The minimum Gasteiger partial charge on any atom is -0.487 e. The van der Waals surface area contributed by atoms with E-state index in [-0.39, 0.29) is 0 Å². The first-order valence-electron chi connectivity index (χ1n) is 6.63. The van der Waals surface area contributed by atoms with Gasteiger partial charge in [0.2, 0.25) is 0 Å². The van der Waals surface area contributed by atoms with Crippen LogP contribution in [0, 0.1) is 13.8 Å². The molecule has 20 heavy (non-hydrogen) atoms. The van der Waals surface area contributed by atoms with E-state index >= 15 is 0 Å². The van der Waals surface area contributed by atoms with E-state index in [1.54, 1.807) is 19.1 Å². The van der Waals surface area contributed by atoms with Gasteiger partial charge in [0.25, 0.3) is 0 Å². The molecular weight excluding hydrogens is 272 g/mol. The van der Waals surface area contributed by atoms with Crippen LogP contribution >= 0.6 is 11.6 Å². The SMILES string of the molecule is Cc1cc(C)cc(COc2ccc([C@@H](C)O)cc2Cl)c1. The van der Waals surface area contributed by atoms with Crippen molar-refractivity contribution < 1.29 is 9.84 Å². The zero-order valence-corrected chi connectivity index (χ0v) is 12.7. The van der Waals surface area contributed by atoms with Crippen LogP contribution in [0.2, 0.25) is 5.02 Å². The lowest BCUT2D eigenvalue weighted by molar-refractivity contribution is 0.199. The van der Waals surface area contributed by atoms with E-state index in [1.165, 1.54) is 11.1 Å². The summed E-state index contributed by atoms with van der Waals surface area (Å²) in [6, 6.07) is 11.7. The highest BCUT2D eigenvalue weighted by Crippen LogP contribution is 2.28. The second-order valence-electron chi connectivity index (χ2n) is 5.15. The van der Waals surface area contributed by atoms with E-state index in [9.17, 15) is 5.11 Å². The van der Waals surface area contributed by atoms with Gasteiger partial charge >= 0.3 is 0 Å². The van der Waals surface area contributed by atoms with Gasteiger partial charge in [-0.05, 0) is 44.0 Å². The van der Waals surface area contributed by atoms with Crippen molar-refractivity contribution in [1.29, 1.82) is 0 Å². The molecule has 0 unspecified atom stereocenters. The lowest BCUT2D eigenvalue weighted by Gasteiger charge is -2.11. The quantitative estimate of drug-likeness (QED) is 0.892. The third-order valence-electron chi connectivity index (χ3n) is 3.11. The van der Waals surface area contributed by atoms with Crippen molar-refractivity contribution in [3.05, 3.63) is 63.7 Å².